The first-order valence-corrected chi connectivity index (χ1v) is 9.78. The molecule has 0 saturated carbocycles. The first-order valence-electron chi connectivity index (χ1n) is 9.78. The van der Waals surface area contributed by atoms with Crippen molar-refractivity contribution in [2.24, 2.45) is 11.8 Å². The van der Waals surface area contributed by atoms with Crippen molar-refractivity contribution in [2.45, 2.75) is 52.9 Å². The molecule has 0 aliphatic carbocycles. The Hall–Kier alpha value is -2.09. The summed E-state index contributed by atoms with van der Waals surface area (Å²) in [5, 5.41) is 3.19. The first kappa shape index (κ1) is 20.2. The van der Waals surface area contributed by atoms with E-state index in [2.05, 4.69) is 70.3 Å². The zero-order valence-electron chi connectivity index (χ0n) is 16.9. The Morgan fingerprint density at radius 1 is 0.923 bits per heavy atom. The third-order valence-electron chi connectivity index (χ3n) is 5.00. The Bertz CT molecular complexity index is 705. The molecule has 1 N–H and O–H groups in total. The van der Waals surface area contributed by atoms with Gasteiger partial charge in [-0.2, -0.15) is 0 Å². The predicted octanol–water partition coefficient (Wildman–Crippen LogP) is 5.35. The van der Waals surface area contributed by atoms with E-state index in [0.29, 0.717) is 18.4 Å². The number of amides is 1. The minimum Gasteiger partial charge on any atom is -0.355 e. The monoisotopic (exact) mass is 351 g/mol. The molecule has 140 valence electrons. The van der Waals surface area contributed by atoms with Crippen LogP contribution in [-0.2, 0) is 16.6 Å². The van der Waals surface area contributed by atoms with E-state index < -0.39 is 5.41 Å². The Morgan fingerprint density at radius 3 is 2.15 bits per heavy atom. The van der Waals surface area contributed by atoms with Crippen molar-refractivity contribution in [2.75, 3.05) is 6.54 Å². The predicted molar refractivity (Wildman–Crippen MR) is 110 cm³/mol. The molecule has 0 spiro atoms. The fraction of sp³-hybridized carbons (Fsp3) is 0.458. The van der Waals surface area contributed by atoms with Gasteiger partial charge in [0.2, 0.25) is 5.91 Å². The highest BCUT2D eigenvalue weighted by atomic mass is 16.2. The molecule has 0 aliphatic rings. The second kappa shape index (κ2) is 9.02. The third-order valence-corrected chi connectivity index (χ3v) is 5.00. The molecule has 0 fully saturated rings. The van der Waals surface area contributed by atoms with E-state index in [1.54, 1.807) is 0 Å². The van der Waals surface area contributed by atoms with Crippen LogP contribution in [0.4, 0.5) is 0 Å². The van der Waals surface area contributed by atoms with Crippen molar-refractivity contribution in [3.63, 3.8) is 0 Å². The van der Waals surface area contributed by atoms with E-state index in [1.165, 1.54) is 5.56 Å². The highest BCUT2D eigenvalue weighted by molar-refractivity contribution is 5.92. The molecule has 1 amide bonds. The van der Waals surface area contributed by atoms with Crippen molar-refractivity contribution in [3.8, 4) is 0 Å². The van der Waals surface area contributed by atoms with Crippen LogP contribution in [0.15, 0.2) is 54.6 Å². The number of benzene rings is 2. The van der Waals surface area contributed by atoms with Crippen LogP contribution in [0.25, 0.3) is 0 Å². The number of hydrogen-bond donors (Lipinski definition) is 1. The summed E-state index contributed by atoms with van der Waals surface area (Å²) in [5.74, 6) is 1.20. The van der Waals surface area contributed by atoms with Crippen LogP contribution in [-0.4, -0.2) is 12.5 Å². The second-order valence-corrected chi connectivity index (χ2v) is 8.18. The Kier molecular flexibility index (Phi) is 7.02. The fourth-order valence-electron chi connectivity index (χ4n) is 3.46. The van der Waals surface area contributed by atoms with E-state index in [-0.39, 0.29) is 5.91 Å². The van der Waals surface area contributed by atoms with Crippen molar-refractivity contribution in [1.82, 2.24) is 5.32 Å². The Morgan fingerprint density at radius 2 is 1.54 bits per heavy atom. The zero-order valence-corrected chi connectivity index (χ0v) is 16.9. The third kappa shape index (κ3) is 4.75. The van der Waals surface area contributed by atoms with Crippen molar-refractivity contribution >= 4 is 5.91 Å². The highest BCUT2D eigenvalue weighted by Gasteiger charge is 2.38. The molecular weight excluding hydrogens is 318 g/mol. The van der Waals surface area contributed by atoms with Crippen LogP contribution in [0.3, 0.4) is 0 Å². The molecule has 26 heavy (non-hydrogen) atoms. The minimum absolute atomic E-state index is 0.0838. The second-order valence-electron chi connectivity index (χ2n) is 8.18. The highest BCUT2D eigenvalue weighted by Crippen LogP contribution is 2.35. The van der Waals surface area contributed by atoms with E-state index in [9.17, 15) is 4.79 Å². The van der Waals surface area contributed by atoms with Gasteiger partial charge in [0.25, 0.3) is 0 Å². The molecule has 2 aromatic carbocycles. The van der Waals surface area contributed by atoms with Gasteiger partial charge in [-0.1, -0.05) is 82.3 Å². The number of rotatable bonds is 8. The fourth-order valence-corrected chi connectivity index (χ4v) is 3.46. The molecule has 0 aliphatic heterocycles. The summed E-state index contributed by atoms with van der Waals surface area (Å²) in [4.78, 5) is 13.4. The lowest BCUT2D eigenvalue weighted by Gasteiger charge is -2.32. The molecule has 2 rings (SSSR count). The van der Waals surface area contributed by atoms with Gasteiger partial charge in [-0.05, 0) is 48.3 Å². The van der Waals surface area contributed by atoms with Gasteiger partial charge in [0.15, 0.2) is 0 Å². The lowest BCUT2D eigenvalue weighted by Crippen LogP contribution is -2.44. The number of hydrogen-bond acceptors (Lipinski definition) is 1. The summed E-state index contributed by atoms with van der Waals surface area (Å²) >= 11 is 0. The van der Waals surface area contributed by atoms with Gasteiger partial charge >= 0.3 is 0 Å². The maximum Gasteiger partial charge on any atom is 0.234 e. The van der Waals surface area contributed by atoms with Gasteiger partial charge in [-0.3, -0.25) is 4.79 Å². The molecule has 0 saturated heterocycles. The largest absolute Gasteiger partial charge is 0.355 e. The van der Waals surface area contributed by atoms with E-state index >= 15 is 0 Å². The Balaban J connectivity index is 2.47. The normalized spacial score (nSPS) is 13.7. The SMILES string of the molecule is CC(C)CCNC(=O)C(C)(c1ccccc1)c1ccccc1CC(C)C. The van der Waals surface area contributed by atoms with E-state index in [1.807, 2.05) is 24.3 Å². The van der Waals surface area contributed by atoms with Crippen molar-refractivity contribution < 1.29 is 4.79 Å². The average Bonchev–Trinajstić information content (AvgIpc) is 2.61. The number of carbonyl (C=O) groups is 1. The summed E-state index contributed by atoms with van der Waals surface area (Å²) in [5.41, 5.74) is 2.72. The summed E-state index contributed by atoms with van der Waals surface area (Å²) in [6.07, 6.45) is 1.96. The van der Waals surface area contributed by atoms with Crippen LogP contribution in [0.2, 0.25) is 0 Å². The molecule has 2 heteroatoms. The maximum absolute atomic E-state index is 13.4. The summed E-state index contributed by atoms with van der Waals surface area (Å²) in [7, 11) is 0. The molecule has 2 nitrogen and oxygen atoms in total. The van der Waals surface area contributed by atoms with Gasteiger partial charge in [0.05, 0.1) is 5.41 Å². The van der Waals surface area contributed by atoms with Crippen LogP contribution in [0.1, 0.15) is 57.7 Å². The molecule has 1 atom stereocenters. The van der Waals surface area contributed by atoms with Gasteiger partial charge in [-0.25, -0.2) is 0 Å². The number of carbonyl (C=O) groups excluding carboxylic acids is 1. The van der Waals surface area contributed by atoms with Gasteiger partial charge in [-0.15, -0.1) is 0 Å². The van der Waals surface area contributed by atoms with Gasteiger partial charge in [0, 0.05) is 6.54 Å². The molecule has 0 radical (unpaired) electrons. The average molecular weight is 352 g/mol. The molecular formula is C24H33NO. The van der Waals surface area contributed by atoms with Gasteiger partial charge in [0.1, 0.15) is 0 Å². The molecule has 1 unspecified atom stereocenters. The minimum atomic E-state index is -0.691. The van der Waals surface area contributed by atoms with Gasteiger partial charge < -0.3 is 5.32 Å². The van der Waals surface area contributed by atoms with Crippen LogP contribution in [0, 0.1) is 11.8 Å². The van der Waals surface area contributed by atoms with Crippen LogP contribution < -0.4 is 5.32 Å². The molecule has 0 aromatic heterocycles. The smallest absolute Gasteiger partial charge is 0.234 e. The van der Waals surface area contributed by atoms with Crippen molar-refractivity contribution in [3.05, 3.63) is 71.3 Å². The lowest BCUT2D eigenvalue weighted by molar-refractivity contribution is -0.124. The van der Waals surface area contributed by atoms with Crippen LogP contribution >= 0.6 is 0 Å². The summed E-state index contributed by atoms with van der Waals surface area (Å²) in [6, 6.07) is 18.6. The summed E-state index contributed by atoms with van der Waals surface area (Å²) in [6.45, 7) is 11.6. The molecule has 0 bridgehead atoms. The first-order chi connectivity index (χ1) is 12.4. The van der Waals surface area contributed by atoms with Crippen LogP contribution in [0.5, 0.6) is 0 Å². The number of nitrogens with one attached hydrogen (secondary N) is 1. The molecule has 2 aromatic rings. The van der Waals surface area contributed by atoms with E-state index in [0.717, 1.165) is 24.0 Å². The quantitative estimate of drug-likeness (QED) is 0.682. The van der Waals surface area contributed by atoms with E-state index in [4.69, 9.17) is 0 Å². The van der Waals surface area contributed by atoms with Crippen molar-refractivity contribution in [1.29, 1.82) is 0 Å². The standard InChI is InChI=1S/C24H33NO/c1-18(2)15-16-25-23(26)24(5,21-12-7-6-8-13-21)22-14-10-9-11-20(22)17-19(3)4/h6-14,18-19H,15-17H2,1-5H3,(H,25,26). The maximum atomic E-state index is 13.4. The topological polar surface area (TPSA) is 29.1 Å². The summed E-state index contributed by atoms with van der Waals surface area (Å²) < 4.78 is 0. The molecule has 0 heterocycles. The zero-order chi connectivity index (χ0) is 19.2. The lowest BCUT2D eigenvalue weighted by atomic mass is 9.72. The Labute approximate surface area is 159 Å².